The summed E-state index contributed by atoms with van der Waals surface area (Å²) in [6.45, 7) is 0.252. The summed E-state index contributed by atoms with van der Waals surface area (Å²) < 4.78 is 4.74. The van der Waals surface area contributed by atoms with Crippen molar-refractivity contribution in [2.45, 2.75) is 6.54 Å². The Hall–Kier alpha value is -2.08. The first-order valence-electron chi connectivity index (χ1n) is 4.70. The molecular weight excluding hydrogens is 246 g/mol. The number of carboxylic acid groups (broad SMARTS) is 1. The van der Waals surface area contributed by atoms with Gasteiger partial charge in [-0.1, -0.05) is 11.6 Å². The fourth-order valence-corrected chi connectivity index (χ4v) is 1.28. The van der Waals surface area contributed by atoms with E-state index in [1.807, 2.05) is 0 Å². The molecule has 0 spiro atoms. The SMILES string of the molecule is O=C(O)c1noc(CNc2ccc(Cl)cc2)n1. The first-order valence-corrected chi connectivity index (χ1v) is 5.08. The fourth-order valence-electron chi connectivity index (χ4n) is 1.16. The molecule has 2 aromatic rings. The van der Waals surface area contributed by atoms with Crippen LogP contribution in [0, 0.1) is 0 Å². The lowest BCUT2D eigenvalue weighted by molar-refractivity contribution is 0.0680. The highest BCUT2D eigenvalue weighted by molar-refractivity contribution is 6.30. The van der Waals surface area contributed by atoms with E-state index in [4.69, 9.17) is 21.2 Å². The third kappa shape index (κ3) is 2.94. The minimum atomic E-state index is -1.22. The molecule has 0 aliphatic carbocycles. The summed E-state index contributed by atoms with van der Waals surface area (Å²) in [5.74, 6) is -1.36. The highest BCUT2D eigenvalue weighted by atomic mass is 35.5. The van der Waals surface area contributed by atoms with Crippen molar-refractivity contribution in [2.24, 2.45) is 0 Å². The second-order valence-corrected chi connectivity index (χ2v) is 3.61. The molecule has 88 valence electrons. The molecule has 2 rings (SSSR count). The third-order valence-electron chi connectivity index (χ3n) is 1.95. The van der Waals surface area contributed by atoms with Gasteiger partial charge in [-0.05, 0) is 29.4 Å². The van der Waals surface area contributed by atoms with Gasteiger partial charge in [0.15, 0.2) is 0 Å². The number of hydrogen-bond donors (Lipinski definition) is 2. The Labute approximate surface area is 101 Å². The van der Waals surface area contributed by atoms with Crippen molar-refractivity contribution in [3.8, 4) is 0 Å². The largest absolute Gasteiger partial charge is 0.475 e. The summed E-state index contributed by atoms with van der Waals surface area (Å²) in [5, 5.41) is 15.5. The number of hydrogen-bond acceptors (Lipinski definition) is 5. The van der Waals surface area contributed by atoms with Crippen molar-refractivity contribution in [2.75, 3.05) is 5.32 Å². The number of nitrogens with one attached hydrogen (secondary N) is 1. The van der Waals surface area contributed by atoms with Gasteiger partial charge in [0.05, 0.1) is 6.54 Å². The Morgan fingerprint density at radius 2 is 2.12 bits per heavy atom. The van der Waals surface area contributed by atoms with Gasteiger partial charge in [-0.15, -0.1) is 0 Å². The van der Waals surface area contributed by atoms with E-state index in [2.05, 4.69) is 15.5 Å². The van der Waals surface area contributed by atoms with Crippen LogP contribution in [0.15, 0.2) is 28.8 Å². The molecule has 1 aromatic carbocycles. The molecule has 1 aromatic heterocycles. The van der Waals surface area contributed by atoms with Gasteiger partial charge >= 0.3 is 5.97 Å². The number of anilines is 1. The molecule has 0 bridgehead atoms. The van der Waals surface area contributed by atoms with Crippen molar-refractivity contribution in [3.05, 3.63) is 41.0 Å². The molecule has 0 fully saturated rings. The summed E-state index contributed by atoms with van der Waals surface area (Å²) in [7, 11) is 0. The van der Waals surface area contributed by atoms with Crippen molar-refractivity contribution in [3.63, 3.8) is 0 Å². The van der Waals surface area contributed by atoms with Crippen LogP contribution in [0.5, 0.6) is 0 Å². The van der Waals surface area contributed by atoms with Gasteiger partial charge in [0, 0.05) is 10.7 Å². The van der Waals surface area contributed by atoms with Crippen LogP contribution < -0.4 is 5.32 Å². The second-order valence-electron chi connectivity index (χ2n) is 3.18. The number of aromatic nitrogens is 2. The van der Waals surface area contributed by atoms with Crippen LogP contribution in [0.4, 0.5) is 5.69 Å². The zero-order chi connectivity index (χ0) is 12.3. The number of carbonyl (C=O) groups is 1. The van der Waals surface area contributed by atoms with E-state index >= 15 is 0 Å². The first-order chi connectivity index (χ1) is 8.15. The number of benzene rings is 1. The molecule has 0 atom stereocenters. The van der Waals surface area contributed by atoms with E-state index in [0.29, 0.717) is 5.02 Å². The predicted octanol–water partition coefficient (Wildman–Crippen LogP) is 2.03. The highest BCUT2D eigenvalue weighted by Crippen LogP contribution is 2.14. The van der Waals surface area contributed by atoms with Crippen molar-refractivity contribution in [1.82, 2.24) is 10.1 Å². The maximum absolute atomic E-state index is 10.5. The molecule has 0 saturated carbocycles. The van der Waals surface area contributed by atoms with Crippen LogP contribution >= 0.6 is 11.6 Å². The maximum atomic E-state index is 10.5. The van der Waals surface area contributed by atoms with Crippen molar-refractivity contribution >= 4 is 23.3 Å². The Morgan fingerprint density at radius 1 is 1.41 bits per heavy atom. The van der Waals surface area contributed by atoms with E-state index in [-0.39, 0.29) is 18.3 Å². The van der Waals surface area contributed by atoms with Crippen molar-refractivity contribution in [1.29, 1.82) is 0 Å². The smallest absolute Gasteiger partial charge is 0.377 e. The Kier molecular flexibility index (Phi) is 3.24. The monoisotopic (exact) mass is 253 g/mol. The minimum Gasteiger partial charge on any atom is -0.475 e. The first kappa shape index (κ1) is 11.4. The van der Waals surface area contributed by atoms with Crippen LogP contribution in [0.25, 0.3) is 0 Å². The van der Waals surface area contributed by atoms with E-state index in [0.717, 1.165) is 5.69 Å². The third-order valence-corrected chi connectivity index (χ3v) is 2.20. The van der Waals surface area contributed by atoms with E-state index in [9.17, 15) is 4.79 Å². The summed E-state index contributed by atoms with van der Waals surface area (Å²) >= 11 is 5.73. The van der Waals surface area contributed by atoms with Gasteiger partial charge < -0.3 is 14.9 Å². The number of nitrogens with zero attached hydrogens (tertiary/aromatic N) is 2. The Morgan fingerprint density at radius 3 is 2.71 bits per heavy atom. The van der Waals surface area contributed by atoms with Crippen LogP contribution in [0.2, 0.25) is 5.02 Å². The molecule has 2 N–H and O–H groups in total. The molecule has 6 nitrogen and oxygen atoms in total. The summed E-state index contributed by atoms with van der Waals surface area (Å²) in [6, 6.07) is 7.05. The van der Waals surface area contributed by atoms with Crippen LogP contribution in [0.1, 0.15) is 16.5 Å². The molecule has 0 unspecified atom stereocenters. The standard InChI is InChI=1S/C10H8ClN3O3/c11-6-1-3-7(4-2-6)12-5-8-13-9(10(15)16)14-17-8/h1-4,12H,5H2,(H,15,16). The summed E-state index contributed by atoms with van der Waals surface area (Å²) in [5.41, 5.74) is 0.824. The Bertz CT molecular complexity index is 524. The van der Waals surface area contributed by atoms with Gasteiger partial charge in [0.1, 0.15) is 0 Å². The van der Waals surface area contributed by atoms with E-state index in [1.165, 1.54) is 0 Å². The molecule has 7 heteroatoms. The maximum Gasteiger partial charge on any atom is 0.377 e. The lowest BCUT2D eigenvalue weighted by atomic mass is 10.3. The average molecular weight is 254 g/mol. The second kappa shape index (κ2) is 4.84. The molecule has 0 saturated heterocycles. The van der Waals surface area contributed by atoms with E-state index < -0.39 is 5.97 Å². The quantitative estimate of drug-likeness (QED) is 0.867. The minimum absolute atomic E-state index is 0.206. The molecule has 0 radical (unpaired) electrons. The highest BCUT2D eigenvalue weighted by Gasteiger charge is 2.12. The van der Waals surface area contributed by atoms with Crippen molar-refractivity contribution < 1.29 is 14.4 Å². The van der Waals surface area contributed by atoms with Gasteiger partial charge in [0.2, 0.25) is 5.89 Å². The number of carboxylic acids is 1. The molecule has 0 aliphatic rings. The summed E-state index contributed by atoms with van der Waals surface area (Å²) in [6.07, 6.45) is 0. The van der Waals surface area contributed by atoms with Crippen LogP contribution in [-0.2, 0) is 6.54 Å². The number of halogens is 1. The average Bonchev–Trinajstić information content (AvgIpc) is 2.77. The number of rotatable bonds is 4. The molecular formula is C10H8ClN3O3. The topological polar surface area (TPSA) is 88.2 Å². The van der Waals surface area contributed by atoms with Crippen LogP contribution in [-0.4, -0.2) is 21.2 Å². The molecule has 1 heterocycles. The van der Waals surface area contributed by atoms with Gasteiger partial charge in [0.25, 0.3) is 5.82 Å². The normalized spacial score (nSPS) is 10.2. The fraction of sp³-hybridized carbons (Fsp3) is 0.100. The predicted molar refractivity (Wildman–Crippen MR) is 60.0 cm³/mol. The molecule has 17 heavy (non-hydrogen) atoms. The zero-order valence-corrected chi connectivity index (χ0v) is 9.31. The lowest BCUT2D eigenvalue weighted by Crippen LogP contribution is -2.02. The molecule has 0 amide bonds. The van der Waals surface area contributed by atoms with Crippen LogP contribution in [0.3, 0.4) is 0 Å². The number of aromatic carboxylic acids is 1. The molecule has 0 aliphatic heterocycles. The van der Waals surface area contributed by atoms with E-state index in [1.54, 1.807) is 24.3 Å². The Balaban J connectivity index is 1.97. The zero-order valence-electron chi connectivity index (χ0n) is 8.55. The lowest BCUT2D eigenvalue weighted by Gasteiger charge is -2.02. The van der Waals surface area contributed by atoms with Gasteiger partial charge in [-0.25, -0.2) is 4.79 Å². The van der Waals surface area contributed by atoms with Gasteiger partial charge in [-0.3, -0.25) is 0 Å². The van der Waals surface area contributed by atoms with Gasteiger partial charge in [-0.2, -0.15) is 4.98 Å². The summed E-state index contributed by atoms with van der Waals surface area (Å²) in [4.78, 5) is 14.2.